The smallest absolute Gasteiger partial charge is 0.316 e. The van der Waals surface area contributed by atoms with Crippen LogP contribution >= 0.6 is 0 Å². The van der Waals surface area contributed by atoms with Crippen LogP contribution in [-0.4, -0.2) is 25.5 Å². The lowest BCUT2D eigenvalue weighted by atomic mass is 9.53. The van der Waals surface area contributed by atoms with Crippen molar-refractivity contribution in [2.75, 3.05) is 6.61 Å². The molecule has 3 aliphatic rings. The SMILES string of the molecule is CCCCCCCCOc1ccccc1C1C2c3ccccc3C(c3ccccc32)C1C(=O)Oc1c(F)c(F)c(S(=O)(=O)O)c(F)c1F. The zero-order valence-electron chi connectivity index (χ0n) is 26.1. The molecule has 7 rings (SSSR count). The Bertz CT molecular complexity index is 1890. The molecule has 2 atom stereocenters. The van der Waals surface area contributed by atoms with E-state index >= 15 is 8.78 Å². The van der Waals surface area contributed by atoms with Gasteiger partial charge in [-0.15, -0.1) is 0 Å². The third kappa shape index (κ3) is 5.98. The number of hydrogen-bond acceptors (Lipinski definition) is 5. The van der Waals surface area contributed by atoms with Gasteiger partial charge in [0.1, 0.15) is 5.75 Å². The number of hydrogen-bond donors (Lipinski definition) is 1. The van der Waals surface area contributed by atoms with Gasteiger partial charge in [-0.3, -0.25) is 9.35 Å². The van der Waals surface area contributed by atoms with Crippen molar-refractivity contribution < 1.29 is 44.8 Å². The van der Waals surface area contributed by atoms with Crippen molar-refractivity contribution in [1.29, 1.82) is 0 Å². The maximum absolute atomic E-state index is 15.1. The fraction of sp³-hybridized carbons (Fsp3) is 0.324. The van der Waals surface area contributed by atoms with Gasteiger partial charge in [0.2, 0.25) is 17.4 Å². The van der Waals surface area contributed by atoms with Crippen molar-refractivity contribution in [3.63, 3.8) is 0 Å². The predicted molar refractivity (Wildman–Crippen MR) is 170 cm³/mol. The number of benzene rings is 4. The zero-order chi connectivity index (χ0) is 34.2. The van der Waals surface area contributed by atoms with Crippen LogP contribution in [0.25, 0.3) is 0 Å². The molecule has 0 fully saturated rings. The van der Waals surface area contributed by atoms with E-state index in [9.17, 15) is 26.5 Å². The minimum Gasteiger partial charge on any atom is -0.493 e. The molecule has 252 valence electrons. The number of para-hydroxylation sites is 1. The average Bonchev–Trinajstić information content (AvgIpc) is 3.08. The molecule has 6 nitrogen and oxygen atoms in total. The highest BCUT2D eigenvalue weighted by atomic mass is 32.2. The standard InChI is InChI=1S/C37H34F4O6S/c1-2-3-4-5-6-13-20-46-26-19-12-11-18-25(26)29-27-21-14-7-9-16-23(21)28(24-17-10-8-15-22(24)27)30(29)37(42)47-35-31(38)33(40)36(48(43,44)45)34(41)32(35)39/h7-12,14-19,27-30H,2-6,13,20H2,1H3,(H,43,44,45). The highest BCUT2D eigenvalue weighted by Crippen LogP contribution is 2.62. The van der Waals surface area contributed by atoms with Gasteiger partial charge in [0.15, 0.2) is 16.5 Å². The third-order valence-corrected chi connectivity index (χ3v) is 10.3. The van der Waals surface area contributed by atoms with Crippen LogP contribution in [0.3, 0.4) is 0 Å². The molecule has 0 aromatic heterocycles. The molecule has 0 amide bonds. The first-order chi connectivity index (χ1) is 23.1. The summed E-state index contributed by atoms with van der Waals surface area (Å²) in [4.78, 5) is 12.0. The Labute approximate surface area is 276 Å². The molecule has 4 aromatic rings. The lowest BCUT2D eigenvalue weighted by Gasteiger charge is -2.50. The number of unbranched alkanes of at least 4 members (excludes halogenated alkanes) is 5. The second-order valence-corrected chi connectivity index (χ2v) is 13.6. The maximum atomic E-state index is 15.1. The quantitative estimate of drug-likeness (QED) is 0.0401. The van der Waals surface area contributed by atoms with E-state index in [1.807, 2.05) is 60.7 Å². The van der Waals surface area contributed by atoms with E-state index in [0.717, 1.165) is 54.4 Å². The van der Waals surface area contributed by atoms with Crippen molar-refractivity contribution in [1.82, 2.24) is 0 Å². The fourth-order valence-electron chi connectivity index (χ4n) is 7.36. The summed E-state index contributed by atoms with van der Waals surface area (Å²) in [6, 6.07) is 22.3. The summed E-state index contributed by atoms with van der Waals surface area (Å²) in [6.45, 7) is 2.59. The molecule has 0 radical (unpaired) electrons. The first-order valence-electron chi connectivity index (χ1n) is 16.0. The summed E-state index contributed by atoms with van der Waals surface area (Å²) >= 11 is 0. The van der Waals surface area contributed by atoms with Gasteiger partial charge in [-0.05, 0) is 40.3 Å². The minimum absolute atomic E-state index is 0.427. The van der Waals surface area contributed by atoms with Crippen LogP contribution in [0, 0.1) is 29.2 Å². The summed E-state index contributed by atoms with van der Waals surface area (Å²) in [6.07, 6.45) is 6.36. The monoisotopic (exact) mass is 682 g/mol. The average molecular weight is 683 g/mol. The molecule has 0 aliphatic heterocycles. The van der Waals surface area contributed by atoms with Gasteiger partial charge in [-0.1, -0.05) is 106 Å². The van der Waals surface area contributed by atoms with Crippen LogP contribution in [-0.2, 0) is 14.9 Å². The van der Waals surface area contributed by atoms with Crippen molar-refractivity contribution >= 4 is 16.1 Å². The number of esters is 1. The Balaban J connectivity index is 1.44. The molecule has 0 saturated carbocycles. The zero-order valence-corrected chi connectivity index (χ0v) is 26.9. The molecular weight excluding hydrogens is 648 g/mol. The number of carbonyl (C=O) groups excluding carboxylic acids is 1. The van der Waals surface area contributed by atoms with Crippen molar-refractivity contribution in [2.24, 2.45) is 5.92 Å². The Hall–Kier alpha value is -4.22. The van der Waals surface area contributed by atoms with Crippen molar-refractivity contribution in [3.8, 4) is 11.5 Å². The second-order valence-electron chi connectivity index (χ2n) is 12.2. The summed E-state index contributed by atoms with van der Waals surface area (Å²) < 4.78 is 103. The minimum atomic E-state index is -5.70. The third-order valence-electron chi connectivity index (χ3n) is 9.39. The molecule has 0 heterocycles. The van der Waals surface area contributed by atoms with E-state index in [1.165, 1.54) is 6.42 Å². The van der Waals surface area contributed by atoms with Gasteiger partial charge < -0.3 is 9.47 Å². The molecule has 2 bridgehead atoms. The fourth-order valence-corrected chi connectivity index (χ4v) is 7.99. The van der Waals surface area contributed by atoms with Gasteiger partial charge in [0, 0.05) is 17.8 Å². The van der Waals surface area contributed by atoms with E-state index in [0.29, 0.717) is 17.9 Å². The number of fused-ring (bicyclic) bond motifs is 1. The molecule has 11 heteroatoms. The van der Waals surface area contributed by atoms with Crippen LogP contribution < -0.4 is 9.47 Å². The molecular formula is C37H34F4O6S. The van der Waals surface area contributed by atoms with Gasteiger partial charge in [-0.2, -0.15) is 17.2 Å². The van der Waals surface area contributed by atoms with Gasteiger partial charge >= 0.3 is 16.1 Å². The van der Waals surface area contributed by atoms with Gasteiger partial charge in [0.05, 0.1) is 12.5 Å². The first kappa shape index (κ1) is 33.7. The molecule has 0 spiro atoms. The Morgan fingerprint density at radius 2 is 1.17 bits per heavy atom. The van der Waals surface area contributed by atoms with Crippen molar-refractivity contribution in [2.45, 2.75) is 68.1 Å². The normalized spacial score (nSPS) is 19.5. The lowest BCUT2D eigenvalue weighted by Crippen LogP contribution is -2.44. The Morgan fingerprint density at radius 3 is 1.71 bits per heavy atom. The van der Waals surface area contributed by atoms with E-state index in [1.54, 1.807) is 12.1 Å². The number of rotatable bonds is 12. The summed E-state index contributed by atoms with van der Waals surface area (Å²) in [7, 11) is -5.70. The number of halogens is 4. The molecule has 1 N–H and O–H groups in total. The Kier molecular flexibility index (Phi) is 9.62. The number of ether oxygens (including phenoxy) is 2. The van der Waals surface area contributed by atoms with Crippen LogP contribution in [0.2, 0.25) is 0 Å². The summed E-state index contributed by atoms with van der Waals surface area (Å²) in [5.41, 5.74) is 4.15. The van der Waals surface area contributed by atoms with Crippen LogP contribution in [0.4, 0.5) is 17.6 Å². The molecule has 3 aliphatic carbocycles. The summed E-state index contributed by atoms with van der Waals surface area (Å²) in [5, 5.41) is 0. The predicted octanol–water partition coefficient (Wildman–Crippen LogP) is 8.83. The molecule has 48 heavy (non-hydrogen) atoms. The molecule has 0 saturated heterocycles. The molecule has 4 aromatic carbocycles. The lowest BCUT2D eigenvalue weighted by molar-refractivity contribution is -0.141. The van der Waals surface area contributed by atoms with E-state index in [-0.39, 0.29) is 0 Å². The summed E-state index contributed by atoms with van der Waals surface area (Å²) in [5.74, 6) is -14.7. The van der Waals surface area contributed by atoms with Crippen molar-refractivity contribution in [3.05, 3.63) is 124 Å². The first-order valence-corrected chi connectivity index (χ1v) is 17.4. The maximum Gasteiger partial charge on any atom is 0.316 e. The highest BCUT2D eigenvalue weighted by molar-refractivity contribution is 7.85. The highest BCUT2D eigenvalue weighted by Gasteiger charge is 2.54. The van der Waals surface area contributed by atoms with Crippen LogP contribution in [0.1, 0.15) is 91.0 Å². The van der Waals surface area contributed by atoms with Crippen LogP contribution in [0.5, 0.6) is 11.5 Å². The van der Waals surface area contributed by atoms with Crippen LogP contribution in [0.15, 0.2) is 77.7 Å². The van der Waals surface area contributed by atoms with E-state index in [2.05, 4.69) is 6.92 Å². The topological polar surface area (TPSA) is 89.9 Å². The van der Waals surface area contributed by atoms with Gasteiger partial charge in [-0.25, -0.2) is 8.78 Å². The van der Waals surface area contributed by atoms with E-state index in [4.69, 9.17) is 9.47 Å². The largest absolute Gasteiger partial charge is 0.493 e. The van der Waals surface area contributed by atoms with E-state index < -0.39 is 73.7 Å². The second kappa shape index (κ2) is 13.7. The Morgan fingerprint density at radius 1 is 0.688 bits per heavy atom. The number of carbonyl (C=O) groups is 1. The van der Waals surface area contributed by atoms with Gasteiger partial charge in [0.25, 0.3) is 0 Å². The molecule has 2 unspecified atom stereocenters.